The first kappa shape index (κ1) is 16.4. The van der Waals surface area contributed by atoms with E-state index in [-0.39, 0.29) is 5.91 Å². The standard InChI is InChI=1S/C19H24N2OS/c20-12-16-3-1-2-4-17(16)13-23-8-7-21-19(22)11-18-10-14-5-6-15(18)9-14/h1-4,14-15,18H,5-11,13H2,(H,21,22)/t14-,15-,18+/m1/s1. The number of fused-ring (bicyclic) bond motifs is 2. The second kappa shape index (κ2) is 7.88. The van der Waals surface area contributed by atoms with Crippen LogP contribution in [0.3, 0.4) is 0 Å². The van der Waals surface area contributed by atoms with E-state index < -0.39 is 0 Å². The summed E-state index contributed by atoms with van der Waals surface area (Å²) in [6, 6.07) is 9.94. The minimum atomic E-state index is 0.223. The van der Waals surface area contributed by atoms with E-state index in [4.69, 9.17) is 5.26 Å². The lowest BCUT2D eigenvalue weighted by Crippen LogP contribution is -2.29. The van der Waals surface area contributed by atoms with Gasteiger partial charge in [-0.15, -0.1) is 0 Å². The second-order valence-electron chi connectivity index (χ2n) is 6.81. The van der Waals surface area contributed by atoms with Gasteiger partial charge in [0.2, 0.25) is 5.91 Å². The van der Waals surface area contributed by atoms with Crippen LogP contribution in [0.1, 0.15) is 43.2 Å². The van der Waals surface area contributed by atoms with Crippen molar-refractivity contribution in [2.45, 2.75) is 37.9 Å². The normalized spacial score (nSPS) is 25.3. The quantitative estimate of drug-likeness (QED) is 0.776. The van der Waals surface area contributed by atoms with Crippen LogP contribution >= 0.6 is 11.8 Å². The van der Waals surface area contributed by atoms with E-state index in [2.05, 4.69) is 11.4 Å². The van der Waals surface area contributed by atoms with Gasteiger partial charge >= 0.3 is 0 Å². The van der Waals surface area contributed by atoms with Crippen molar-refractivity contribution in [3.63, 3.8) is 0 Å². The molecule has 0 heterocycles. The highest BCUT2D eigenvalue weighted by atomic mass is 32.2. The Balaban J connectivity index is 1.31. The number of thioether (sulfide) groups is 1. The summed E-state index contributed by atoms with van der Waals surface area (Å²) in [5.74, 6) is 4.31. The largest absolute Gasteiger partial charge is 0.355 e. The molecule has 2 aliphatic carbocycles. The monoisotopic (exact) mass is 328 g/mol. The number of amides is 1. The van der Waals surface area contributed by atoms with Gasteiger partial charge in [0.25, 0.3) is 0 Å². The fourth-order valence-corrected chi connectivity index (χ4v) is 5.00. The van der Waals surface area contributed by atoms with Crippen LogP contribution in [-0.2, 0) is 10.5 Å². The molecule has 0 unspecified atom stereocenters. The molecule has 1 amide bonds. The van der Waals surface area contributed by atoms with E-state index in [0.29, 0.717) is 5.92 Å². The van der Waals surface area contributed by atoms with Gasteiger partial charge in [-0.1, -0.05) is 24.6 Å². The van der Waals surface area contributed by atoms with Gasteiger partial charge in [-0.2, -0.15) is 17.0 Å². The molecule has 3 atom stereocenters. The highest BCUT2D eigenvalue weighted by Gasteiger charge is 2.39. The SMILES string of the molecule is N#Cc1ccccc1CSCCNC(=O)C[C@@H]1C[C@@H]2CC[C@@H]1C2. The molecule has 2 aliphatic rings. The number of nitriles is 1. The van der Waals surface area contributed by atoms with Crippen LogP contribution in [0.2, 0.25) is 0 Å². The minimum Gasteiger partial charge on any atom is -0.355 e. The lowest BCUT2D eigenvalue weighted by atomic mass is 9.86. The van der Waals surface area contributed by atoms with Gasteiger partial charge in [0.15, 0.2) is 0 Å². The van der Waals surface area contributed by atoms with E-state index in [1.165, 1.54) is 25.7 Å². The van der Waals surface area contributed by atoms with Crippen molar-refractivity contribution in [2.75, 3.05) is 12.3 Å². The van der Waals surface area contributed by atoms with E-state index in [9.17, 15) is 4.79 Å². The molecule has 0 saturated heterocycles. The van der Waals surface area contributed by atoms with Crippen LogP contribution in [0, 0.1) is 29.1 Å². The Labute approximate surface area is 142 Å². The number of rotatable bonds is 7. The zero-order valence-electron chi connectivity index (χ0n) is 13.5. The molecular weight excluding hydrogens is 304 g/mol. The Bertz CT molecular complexity index is 595. The van der Waals surface area contributed by atoms with Crippen molar-refractivity contribution in [2.24, 2.45) is 17.8 Å². The van der Waals surface area contributed by atoms with Gasteiger partial charge in [-0.05, 0) is 48.6 Å². The first-order chi connectivity index (χ1) is 11.3. The number of carbonyl (C=O) groups is 1. The molecule has 2 saturated carbocycles. The lowest BCUT2D eigenvalue weighted by molar-refractivity contribution is -0.122. The van der Waals surface area contributed by atoms with Crippen LogP contribution in [0.5, 0.6) is 0 Å². The summed E-state index contributed by atoms with van der Waals surface area (Å²) < 4.78 is 0. The number of benzene rings is 1. The highest BCUT2D eigenvalue weighted by molar-refractivity contribution is 7.98. The Morgan fingerprint density at radius 3 is 2.91 bits per heavy atom. The second-order valence-corrected chi connectivity index (χ2v) is 7.92. The van der Waals surface area contributed by atoms with Gasteiger partial charge in [-0.25, -0.2) is 0 Å². The molecule has 3 rings (SSSR count). The van der Waals surface area contributed by atoms with Crippen molar-refractivity contribution in [3.05, 3.63) is 35.4 Å². The maximum absolute atomic E-state index is 12.0. The average molecular weight is 328 g/mol. The molecule has 3 nitrogen and oxygen atoms in total. The maximum Gasteiger partial charge on any atom is 0.220 e. The highest BCUT2D eigenvalue weighted by Crippen LogP contribution is 2.49. The number of hydrogen-bond acceptors (Lipinski definition) is 3. The molecule has 0 aliphatic heterocycles. The minimum absolute atomic E-state index is 0.223. The first-order valence-corrected chi connectivity index (χ1v) is 9.74. The Kier molecular flexibility index (Phi) is 5.61. The smallest absolute Gasteiger partial charge is 0.220 e. The molecule has 0 aromatic heterocycles. The fraction of sp³-hybridized carbons (Fsp3) is 0.579. The number of hydrogen-bond donors (Lipinski definition) is 1. The predicted molar refractivity (Wildman–Crippen MR) is 93.9 cm³/mol. The maximum atomic E-state index is 12.0. The summed E-state index contributed by atoms with van der Waals surface area (Å²) in [6.45, 7) is 0.721. The van der Waals surface area contributed by atoms with E-state index in [1.54, 1.807) is 11.8 Å². The third-order valence-electron chi connectivity index (χ3n) is 5.30. The Morgan fingerprint density at radius 1 is 1.30 bits per heavy atom. The zero-order valence-corrected chi connectivity index (χ0v) is 14.3. The van der Waals surface area contributed by atoms with Gasteiger partial charge in [0.1, 0.15) is 0 Å². The van der Waals surface area contributed by atoms with Crippen LogP contribution in [0.4, 0.5) is 0 Å². The molecule has 1 aromatic rings. The van der Waals surface area contributed by atoms with Crippen LogP contribution in [0.25, 0.3) is 0 Å². The van der Waals surface area contributed by atoms with Gasteiger partial charge in [0, 0.05) is 24.5 Å². The van der Waals surface area contributed by atoms with Crippen molar-refractivity contribution in [1.29, 1.82) is 5.26 Å². The molecule has 0 spiro atoms. The molecule has 1 aromatic carbocycles. The van der Waals surface area contributed by atoms with Gasteiger partial charge in [0.05, 0.1) is 11.6 Å². The van der Waals surface area contributed by atoms with E-state index >= 15 is 0 Å². The van der Waals surface area contributed by atoms with Crippen molar-refractivity contribution in [3.8, 4) is 6.07 Å². The third kappa shape index (κ3) is 4.29. The molecule has 4 heteroatoms. The number of carbonyl (C=O) groups excluding carboxylic acids is 1. The van der Waals surface area contributed by atoms with Crippen LogP contribution in [0.15, 0.2) is 24.3 Å². The molecule has 23 heavy (non-hydrogen) atoms. The summed E-state index contributed by atoms with van der Waals surface area (Å²) in [5.41, 5.74) is 1.83. The average Bonchev–Trinajstić information content (AvgIpc) is 3.17. The zero-order chi connectivity index (χ0) is 16.1. The molecule has 2 bridgehead atoms. The topological polar surface area (TPSA) is 52.9 Å². The van der Waals surface area contributed by atoms with Crippen molar-refractivity contribution >= 4 is 17.7 Å². The molecule has 0 radical (unpaired) electrons. The summed E-state index contributed by atoms with van der Waals surface area (Å²) in [4.78, 5) is 12.0. The van der Waals surface area contributed by atoms with E-state index in [0.717, 1.165) is 47.4 Å². The summed E-state index contributed by atoms with van der Waals surface area (Å²) in [6.07, 6.45) is 6.10. The summed E-state index contributed by atoms with van der Waals surface area (Å²) in [7, 11) is 0. The van der Waals surface area contributed by atoms with Crippen molar-refractivity contribution < 1.29 is 4.79 Å². The fourth-order valence-electron chi connectivity index (χ4n) is 4.14. The lowest BCUT2D eigenvalue weighted by Gasteiger charge is -2.20. The Morgan fingerprint density at radius 2 is 2.17 bits per heavy atom. The summed E-state index contributed by atoms with van der Waals surface area (Å²) >= 11 is 1.77. The van der Waals surface area contributed by atoms with Crippen LogP contribution < -0.4 is 5.32 Å². The third-order valence-corrected chi connectivity index (χ3v) is 6.30. The number of nitrogens with one attached hydrogen (secondary N) is 1. The number of nitrogens with zero attached hydrogens (tertiary/aromatic N) is 1. The van der Waals surface area contributed by atoms with Gasteiger partial charge < -0.3 is 5.32 Å². The Hall–Kier alpha value is -1.47. The molecule has 122 valence electrons. The molecule has 2 fully saturated rings. The predicted octanol–water partition coefficient (Wildman–Crippen LogP) is 3.73. The van der Waals surface area contributed by atoms with Crippen LogP contribution in [-0.4, -0.2) is 18.2 Å². The van der Waals surface area contributed by atoms with Gasteiger partial charge in [-0.3, -0.25) is 4.79 Å². The molecule has 1 N–H and O–H groups in total. The first-order valence-electron chi connectivity index (χ1n) is 8.58. The molecular formula is C19H24N2OS. The summed E-state index contributed by atoms with van der Waals surface area (Å²) in [5, 5.41) is 12.1. The van der Waals surface area contributed by atoms with E-state index in [1.807, 2.05) is 24.3 Å². The van der Waals surface area contributed by atoms with Crippen molar-refractivity contribution in [1.82, 2.24) is 5.32 Å².